The van der Waals surface area contributed by atoms with Gasteiger partial charge in [-0.15, -0.1) is 0 Å². The number of carbonyl (C=O) groups is 4. The summed E-state index contributed by atoms with van der Waals surface area (Å²) < 4.78 is 13.5. The van der Waals surface area contributed by atoms with E-state index in [0.29, 0.717) is 38.8 Å². The number of hydrogen-bond donors (Lipinski definition) is 5. The summed E-state index contributed by atoms with van der Waals surface area (Å²) in [5.41, 5.74) is 8.26. The molecule has 0 bridgehead atoms. The van der Waals surface area contributed by atoms with Gasteiger partial charge in [0, 0.05) is 32.1 Å². The van der Waals surface area contributed by atoms with Gasteiger partial charge in [-0.25, -0.2) is 5.84 Å². The Kier molecular flexibility index (Phi) is 9.61. The summed E-state index contributed by atoms with van der Waals surface area (Å²) in [4.78, 5) is 63.8. The van der Waals surface area contributed by atoms with E-state index in [9.17, 15) is 28.6 Å². The van der Waals surface area contributed by atoms with Gasteiger partial charge in [0.1, 0.15) is 17.9 Å². The van der Waals surface area contributed by atoms with Crippen LogP contribution in [0.3, 0.4) is 0 Å². The number of carbonyl (C=O) groups excluding carboxylic acids is 4. The largest absolute Gasteiger partial charge is 0.343 e. The van der Waals surface area contributed by atoms with Gasteiger partial charge >= 0.3 is 0 Å². The van der Waals surface area contributed by atoms with Gasteiger partial charge in [0.2, 0.25) is 25.1 Å². The number of amides is 4. The molecular weight excluding hydrogens is 487 g/mol. The van der Waals surface area contributed by atoms with E-state index in [2.05, 4.69) is 10.7 Å². The van der Waals surface area contributed by atoms with Gasteiger partial charge < -0.3 is 25.7 Å². The summed E-state index contributed by atoms with van der Waals surface area (Å²) >= 11 is 0. The summed E-state index contributed by atoms with van der Waals surface area (Å²) in [7, 11) is -4.09. The van der Waals surface area contributed by atoms with Crippen molar-refractivity contribution in [1.29, 1.82) is 0 Å². The van der Waals surface area contributed by atoms with E-state index in [-0.39, 0.29) is 31.5 Å². The molecule has 0 spiro atoms. The molecule has 12 nitrogen and oxygen atoms in total. The fourth-order valence-corrected chi connectivity index (χ4v) is 6.49. The molecule has 2 aliphatic rings. The van der Waals surface area contributed by atoms with Crippen LogP contribution in [0.25, 0.3) is 0 Å². The minimum absolute atomic E-state index is 0.0774. The Bertz CT molecular complexity index is 1010. The first-order chi connectivity index (χ1) is 17.2. The van der Waals surface area contributed by atoms with Crippen LogP contribution in [0.1, 0.15) is 37.7 Å². The van der Waals surface area contributed by atoms with Crippen molar-refractivity contribution in [1.82, 2.24) is 20.5 Å². The van der Waals surface area contributed by atoms with Crippen molar-refractivity contribution in [2.24, 2.45) is 11.6 Å². The first-order valence-corrected chi connectivity index (χ1v) is 14.0. The summed E-state index contributed by atoms with van der Waals surface area (Å²) in [5, 5.41) is 2.69. The Balaban J connectivity index is 1.73. The average molecular weight is 523 g/mol. The van der Waals surface area contributed by atoms with E-state index in [0.717, 1.165) is 5.56 Å². The van der Waals surface area contributed by atoms with Crippen molar-refractivity contribution in [3.8, 4) is 0 Å². The van der Waals surface area contributed by atoms with E-state index in [1.807, 2.05) is 6.07 Å². The van der Waals surface area contributed by atoms with Gasteiger partial charge in [0.25, 0.3) is 5.91 Å². The summed E-state index contributed by atoms with van der Waals surface area (Å²) in [6.45, 7) is 0.539. The predicted molar refractivity (Wildman–Crippen MR) is 132 cm³/mol. The predicted octanol–water partition coefficient (Wildman–Crippen LogP) is -0.737. The van der Waals surface area contributed by atoms with Crippen LogP contribution in [0, 0.1) is 0 Å². The van der Waals surface area contributed by atoms with Crippen LogP contribution in [0.15, 0.2) is 30.3 Å². The van der Waals surface area contributed by atoms with Crippen LogP contribution < -0.4 is 22.3 Å². The maximum atomic E-state index is 13.5. The zero-order valence-electron chi connectivity index (χ0n) is 20.2. The summed E-state index contributed by atoms with van der Waals surface area (Å²) in [5.74, 6) is 2.29. The number of hydrazine groups is 1. The van der Waals surface area contributed by atoms with Crippen LogP contribution in [0.2, 0.25) is 0 Å². The van der Waals surface area contributed by atoms with E-state index < -0.39 is 43.0 Å². The molecule has 0 saturated carbocycles. The highest BCUT2D eigenvalue weighted by atomic mass is 31.2. The zero-order valence-corrected chi connectivity index (χ0v) is 21.1. The SMILES string of the molecule is NCC(=O)N1CCC[C@H]1C(=O)NC(Cc1ccccc1)P(=O)(O)CCC(=O)N1CCC[C@H]1C(=O)NN. The van der Waals surface area contributed by atoms with Crippen molar-refractivity contribution in [2.45, 2.75) is 56.4 Å². The van der Waals surface area contributed by atoms with E-state index in [1.54, 1.807) is 24.3 Å². The van der Waals surface area contributed by atoms with Crippen LogP contribution in [0.5, 0.6) is 0 Å². The fourth-order valence-electron chi connectivity index (χ4n) is 4.84. The number of nitrogens with one attached hydrogen (secondary N) is 2. The minimum atomic E-state index is -4.09. The van der Waals surface area contributed by atoms with Crippen LogP contribution in [0.4, 0.5) is 0 Å². The van der Waals surface area contributed by atoms with Crippen molar-refractivity contribution in [3.63, 3.8) is 0 Å². The maximum absolute atomic E-state index is 13.5. The second kappa shape index (κ2) is 12.4. The normalized spacial score (nSPS) is 22.1. The molecule has 0 aliphatic carbocycles. The standard InChI is InChI=1S/C23H35N6O6P/c24-15-21(31)29-12-4-8-17(29)22(32)26-19(14-16-6-2-1-3-7-16)36(34,35)13-10-20(30)28-11-5-9-18(28)23(33)27-25/h1-3,6-7,17-19H,4-5,8-15,24-25H2,(H,26,32)(H,27,33)(H,34,35)/t17-,18-,19?/m0/s1. The topological polar surface area (TPSA) is 188 Å². The van der Waals surface area contributed by atoms with Gasteiger partial charge in [-0.05, 0) is 31.2 Å². The van der Waals surface area contributed by atoms with E-state index >= 15 is 0 Å². The highest BCUT2D eigenvalue weighted by molar-refractivity contribution is 7.58. The number of benzene rings is 1. The van der Waals surface area contributed by atoms with Crippen molar-refractivity contribution in [3.05, 3.63) is 35.9 Å². The maximum Gasteiger partial charge on any atom is 0.256 e. The number of rotatable bonds is 10. The second-order valence-electron chi connectivity index (χ2n) is 9.15. The Labute approximate surface area is 210 Å². The highest BCUT2D eigenvalue weighted by Gasteiger charge is 2.40. The van der Waals surface area contributed by atoms with E-state index in [1.165, 1.54) is 9.80 Å². The monoisotopic (exact) mass is 522 g/mol. The molecule has 2 fully saturated rings. The zero-order chi connectivity index (χ0) is 26.3. The second-order valence-corrected chi connectivity index (χ2v) is 11.7. The van der Waals surface area contributed by atoms with Gasteiger partial charge in [-0.2, -0.15) is 0 Å². The van der Waals surface area contributed by atoms with Gasteiger partial charge in [0.15, 0.2) is 0 Å². The molecule has 4 amide bonds. The lowest BCUT2D eigenvalue weighted by Gasteiger charge is -2.29. The van der Waals surface area contributed by atoms with Crippen molar-refractivity contribution < 1.29 is 28.6 Å². The molecule has 3 rings (SSSR count). The smallest absolute Gasteiger partial charge is 0.256 e. The number of likely N-dealkylation sites (tertiary alicyclic amines) is 2. The van der Waals surface area contributed by atoms with E-state index in [4.69, 9.17) is 11.6 Å². The third kappa shape index (κ3) is 6.70. The van der Waals surface area contributed by atoms with Gasteiger partial charge in [-0.3, -0.25) is 29.2 Å². The molecule has 198 valence electrons. The Morgan fingerprint density at radius 3 is 2.17 bits per heavy atom. The number of hydrogen-bond acceptors (Lipinski definition) is 7. The summed E-state index contributed by atoms with van der Waals surface area (Å²) in [6, 6.07) is 7.49. The molecule has 1 aromatic rings. The molecular formula is C23H35N6O6P. The Hall–Kier alpha value is -2.79. The Morgan fingerprint density at radius 2 is 1.58 bits per heavy atom. The van der Waals surface area contributed by atoms with Crippen LogP contribution in [-0.4, -0.2) is 82.0 Å². The van der Waals surface area contributed by atoms with Crippen LogP contribution >= 0.6 is 7.37 Å². The summed E-state index contributed by atoms with van der Waals surface area (Å²) in [6.07, 6.45) is 1.62. The first-order valence-electron chi connectivity index (χ1n) is 12.1. The molecule has 7 N–H and O–H groups in total. The first kappa shape index (κ1) is 27.8. The lowest BCUT2D eigenvalue weighted by atomic mass is 10.1. The molecule has 2 heterocycles. The molecule has 4 atom stereocenters. The lowest BCUT2D eigenvalue weighted by Crippen LogP contribution is -2.50. The molecule has 0 radical (unpaired) electrons. The molecule has 13 heteroatoms. The quantitative estimate of drug-likeness (QED) is 0.115. The molecule has 2 aliphatic heterocycles. The van der Waals surface area contributed by atoms with Crippen molar-refractivity contribution >= 4 is 31.0 Å². The highest BCUT2D eigenvalue weighted by Crippen LogP contribution is 2.47. The third-order valence-corrected chi connectivity index (χ3v) is 8.93. The lowest BCUT2D eigenvalue weighted by molar-refractivity contribution is -0.138. The van der Waals surface area contributed by atoms with Crippen LogP contribution in [-0.2, 0) is 30.2 Å². The molecule has 1 aromatic carbocycles. The number of nitrogens with zero attached hydrogens (tertiary/aromatic N) is 2. The molecule has 36 heavy (non-hydrogen) atoms. The number of nitrogens with two attached hydrogens (primary N) is 2. The molecule has 2 unspecified atom stereocenters. The Morgan fingerprint density at radius 1 is 1.00 bits per heavy atom. The van der Waals surface area contributed by atoms with Gasteiger partial charge in [-0.1, -0.05) is 30.3 Å². The average Bonchev–Trinajstić information content (AvgIpc) is 3.57. The van der Waals surface area contributed by atoms with Crippen molar-refractivity contribution in [2.75, 3.05) is 25.8 Å². The molecule has 2 saturated heterocycles. The van der Waals surface area contributed by atoms with Gasteiger partial charge in [0.05, 0.1) is 6.54 Å². The molecule has 0 aromatic heterocycles. The third-order valence-electron chi connectivity index (χ3n) is 6.78. The fraction of sp³-hybridized carbons (Fsp3) is 0.565. The minimum Gasteiger partial charge on any atom is -0.343 e.